The molecule has 0 atom stereocenters. The summed E-state index contributed by atoms with van der Waals surface area (Å²) in [4.78, 5) is 11.6. The van der Waals surface area contributed by atoms with E-state index >= 15 is 0 Å². The first kappa shape index (κ1) is 13.0. The summed E-state index contributed by atoms with van der Waals surface area (Å²) in [7, 11) is 0. The second-order valence-electron chi connectivity index (χ2n) is 4.24. The molecular formula is C14H16N2O3. The molecule has 2 rings (SSSR count). The SMILES string of the molecule is Nc1ccc(O)c(CNC(=O)CCc2ccco2)c1. The van der Waals surface area contributed by atoms with E-state index in [0.29, 0.717) is 24.1 Å². The zero-order chi connectivity index (χ0) is 13.7. The predicted molar refractivity (Wildman–Crippen MR) is 71.4 cm³/mol. The number of phenolic OH excluding ortho intramolecular Hbond substituents is 1. The van der Waals surface area contributed by atoms with Crippen molar-refractivity contribution in [3.05, 3.63) is 47.9 Å². The van der Waals surface area contributed by atoms with Crippen LogP contribution in [0.3, 0.4) is 0 Å². The van der Waals surface area contributed by atoms with Crippen LogP contribution in [0.25, 0.3) is 0 Å². The van der Waals surface area contributed by atoms with Crippen molar-refractivity contribution in [2.24, 2.45) is 0 Å². The smallest absolute Gasteiger partial charge is 0.220 e. The number of hydrogen-bond acceptors (Lipinski definition) is 4. The van der Waals surface area contributed by atoms with Gasteiger partial charge in [0.15, 0.2) is 0 Å². The van der Waals surface area contributed by atoms with Gasteiger partial charge in [-0.3, -0.25) is 4.79 Å². The number of hydrogen-bond donors (Lipinski definition) is 3. The van der Waals surface area contributed by atoms with E-state index in [1.165, 1.54) is 6.07 Å². The number of aromatic hydroxyl groups is 1. The fourth-order valence-electron chi connectivity index (χ4n) is 1.72. The van der Waals surface area contributed by atoms with E-state index < -0.39 is 0 Å². The summed E-state index contributed by atoms with van der Waals surface area (Å²) in [5, 5.41) is 12.3. The van der Waals surface area contributed by atoms with Crippen molar-refractivity contribution in [2.45, 2.75) is 19.4 Å². The van der Waals surface area contributed by atoms with Gasteiger partial charge in [-0.1, -0.05) is 0 Å². The highest BCUT2D eigenvalue weighted by Crippen LogP contribution is 2.19. The molecule has 0 unspecified atom stereocenters. The van der Waals surface area contributed by atoms with Crippen LogP contribution in [0.4, 0.5) is 5.69 Å². The summed E-state index contributed by atoms with van der Waals surface area (Å²) >= 11 is 0. The maximum Gasteiger partial charge on any atom is 0.220 e. The number of rotatable bonds is 5. The Bertz CT molecular complexity index is 550. The number of furan rings is 1. The van der Waals surface area contributed by atoms with E-state index in [9.17, 15) is 9.90 Å². The summed E-state index contributed by atoms with van der Waals surface area (Å²) in [5.41, 5.74) is 6.78. The van der Waals surface area contributed by atoms with Crippen molar-refractivity contribution in [3.63, 3.8) is 0 Å². The van der Waals surface area contributed by atoms with Crippen LogP contribution >= 0.6 is 0 Å². The third-order valence-corrected chi connectivity index (χ3v) is 2.76. The molecule has 0 aliphatic heterocycles. The molecule has 1 heterocycles. The molecule has 1 aromatic heterocycles. The van der Waals surface area contributed by atoms with E-state index in [2.05, 4.69) is 5.32 Å². The first-order chi connectivity index (χ1) is 9.15. The lowest BCUT2D eigenvalue weighted by Gasteiger charge is -2.07. The van der Waals surface area contributed by atoms with E-state index in [0.717, 1.165) is 5.76 Å². The van der Waals surface area contributed by atoms with Crippen molar-refractivity contribution >= 4 is 11.6 Å². The first-order valence-electron chi connectivity index (χ1n) is 6.01. The number of anilines is 1. The highest BCUT2D eigenvalue weighted by atomic mass is 16.3. The Morgan fingerprint density at radius 1 is 1.37 bits per heavy atom. The molecule has 0 aliphatic rings. The van der Waals surface area contributed by atoms with Crippen LogP contribution < -0.4 is 11.1 Å². The minimum Gasteiger partial charge on any atom is -0.508 e. The van der Waals surface area contributed by atoms with Gasteiger partial charge in [-0.15, -0.1) is 0 Å². The molecule has 19 heavy (non-hydrogen) atoms. The van der Waals surface area contributed by atoms with Crippen LogP contribution in [0, 0.1) is 0 Å². The molecule has 5 nitrogen and oxygen atoms in total. The number of nitrogen functional groups attached to an aromatic ring is 1. The van der Waals surface area contributed by atoms with Gasteiger partial charge in [-0.2, -0.15) is 0 Å². The molecule has 4 N–H and O–H groups in total. The van der Waals surface area contributed by atoms with Gasteiger partial charge >= 0.3 is 0 Å². The third-order valence-electron chi connectivity index (χ3n) is 2.76. The highest BCUT2D eigenvalue weighted by molar-refractivity contribution is 5.76. The molecule has 0 bridgehead atoms. The number of aryl methyl sites for hydroxylation is 1. The molecule has 1 amide bonds. The largest absolute Gasteiger partial charge is 0.508 e. The minimum absolute atomic E-state index is 0.0989. The second-order valence-corrected chi connectivity index (χ2v) is 4.24. The fraction of sp³-hybridized carbons (Fsp3) is 0.214. The molecule has 0 fully saturated rings. The molecule has 100 valence electrons. The molecule has 2 aromatic rings. The quantitative estimate of drug-likeness (QED) is 0.565. The van der Waals surface area contributed by atoms with E-state index in [-0.39, 0.29) is 18.2 Å². The average molecular weight is 260 g/mol. The number of carbonyl (C=O) groups is 1. The molecule has 0 saturated carbocycles. The van der Waals surface area contributed by atoms with Gasteiger partial charge in [0, 0.05) is 30.6 Å². The molecule has 5 heteroatoms. The zero-order valence-electron chi connectivity index (χ0n) is 10.4. The summed E-state index contributed by atoms with van der Waals surface area (Å²) in [5.74, 6) is 0.806. The Morgan fingerprint density at radius 3 is 2.95 bits per heavy atom. The maximum atomic E-state index is 11.6. The van der Waals surface area contributed by atoms with Gasteiger partial charge in [0.1, 0.15) is 11.5 Å². The number of nitrogens with two attached hydrogens (primary N) is 1. The number of nitrogens with one attached hydrogen (secondary N) is 1. The zero-order valence-corrected chi connectivity index (χ0v) is 10.4. The third kappa shape index (κ3) is 3.77. The average Bonchev–Trinajstić information content (AvgIpc) is 2.90. The Hall–Kier alpha value is -2.43. The van der Waals surface area contributed by atoms with Gasteiger partial charge in [-0.05, 0) is 30.3 Å². The standard InChI is InChI=1S/C14H16N2O3/c15-11-3-5-13(17)10(8-11)9-16-14(18)6-4-12-2-1-7-19-12/h1-3,5,7-8,17H,4,6,9,15H2,(H,16,18). The van der Waals surface area contributed by atoms with E-state index in [4.69, 9.17) is 10.2 Å². The Balaban J connectivity index is 1.81. The Labute approximate surface area is 111 Å². The normalized spacial score (nSPS) is 10.3. The molecule has 1 aromatic carbocycles. The Morgan fingerprint density at radius 2 is 2.21 bits per heavy atom. The summed E-state index contributed by atoms with van der Waals surface area (Å²) in [6, 6.07) is 8.38. The maximum absolute atomic E-state index is 11.6. The molecule has 0 radical (unpaired) electrons. The van der Waals surface area contributed by atoms with Crippen LogP contribution in [0.15, 0.2) is 41.0 Å². The van der Waals surface area contributed by atoms with E-state index in [1.54, 1.807) is 24.5 Å². The lowest BCUT2D eigenvalue weighted by Crippen LogP contribution is -2.23. The van der Waals surface area contributed by atoms with Crippen molar-refractivity contribution in [3.8, 4) is 5.75 Å². The molecule has 0 aliphatic carbocycles. The van der Waals surface area contributed by atoms with Gasteiger partial charge in [-0.25, -0.2) is 0 Å². The number of amides is 1. The highest BCUT2D eigenvalue weighted by Gasteiger charge is 2.06. The monoisotopic (exact) mass is 260 g/mol. The summed E-state index contributed by atoms with van der Waals surface area (Å²) in [6.45, 7) is 0.258. The lowest BCUT2D eigenvalue weighted by molar-refractivity contribution is -0.121. The van der Waals surface area contributed by atoms with Crippen molar-refractivity contribution in [1.82, 2.24) is 5.32 Å². The lowest BCUT2D eigenvalue weighted by atomic mass is 10.1. The number of benzene rings is 1. The van der Waals surface area contributed by atoms with Crippen molar-refractivity contribution < 1.29 is 14.3 Å². The molecular weight excluding hydrogens is 244 g/mol. The van der Waals surface area contributed by atoms with Crippen molar-refractivity contribution in [1.29, 1.82) is 0 Å². The topological polar surface area (TPSA) is 88.5 Å². The van der Waals surface area contributed by atoms with Gasteiger partial charge in [0.05, 0.1) is 6.26 Å². The van der Waals surface area contributed by atoms with Gasteiger partial charge in [0.25, 0.3) is 0 Å². The van der Waals surface area contributed by atoms with Crippen LogP contribution in [-0.2, 0) is 17.8 Å². The van der Waals surface area contributed by atoms with Crippen LogP contribution in [0.5, 0.6) is 5.75 Å². The van der Waals surface area contributed by atoms with Crippen LogP contribution in [0.1, 0.15) is 17.7 Å². The number of phenols is 1. The van der Waals surface area contributed by atoms with Gasteiger partial charge < -0.3 is 20.6 Å². The van der Waals surface area contributed by atoms with Gasteiger partial charge in [0.2, 0.25) is 5.91 Å². The number of carbonyl (C=O) groups excluding carboxylic acids is 1. The van der Waals surface area contributed by atoms with Crippen LogP contribution in [0.2, 0.25) is 0 Å². The predicted octanol–water partition coefficient (Wildman–Crippen LogP) is 1.82. The summed E-state index contributed by atoms with van der Waals surface area (Å²) in [6.07, 6.45) is 2.48. The van der Waals surface area contributed by atoms with Crippen molar-refractivity contribution in [2.75, 3.05) is 5.73 Å². The summed E-state index contributed by atoms with van der Waals surface area (Å²) < 4.78 is 5.14. The molecule has 0 spiro atoms. The Kier molecular flexibility index (Phi) is 4.07. The van der Waals surface area contributed by atoms with Crippen LogP contribution in [-0.4, -0.2) is 11.0 Å². The van der Waals surface area contributed by atoms with E-state index in [1.807, 2.05) is 6.07 Å². The fourth-order valence-corrected chi connectivity index (χ4v) is 1.72. The minimum atomic E-state index is -0.0989. The molecule has 0 saturated heterocycles. The first-order valence-corrected chi connectivity index (χ1v) is 6.01. The second kappa shape index (κ2) is 5.95.